The molecule has 0 radical (unpaired) electrons. The fraction of sp³-hybridized carbons (Fsp3) is 0.333. The molecule has 6 heteroatoms. The van der Waals surface area contributed by atoms with E-state index in [2.05, 4.69) is 30.2 Å². The maximum absolute atomic E-state index is 8.95. The van der Waals surface area contributed by atoms with Gasteiger partial charge in [0.05, 0.1) is 22.5 Å². The Morgan fingerprint density at radius 1 is 1.24 bits per heavy atom. The lowest BCUT2D eigenvalue weighted by molar-refractivity contribution is 0.322. The van der Waals surface area contributed by atoms with Crippen LogP contribution in [0.15, 0.2) is 23.1 Å². The quantitative estimate of drug-likeness (QED) is 0.748. The summed E-state index contributed by atoms with van der Waals surface area (Å²) in [5.74, 6) is 0.716. The van der Waals surface area contributed by atoms with Crippen molar-refractivity contribution >= 4 is 33.3 Å². The predicted molar refractivity (Wildman–Crippen MR) is 88.8 cm³/mol. The lowest BCUT2D eigenvalue weighted by atomic mass is 10.2. The van der Waals surface area contributed by atoms with Crippen LogP contribution in [0.3, 0.4) is 0 Å². The van der Waals surface area contributed by atoms with Gasteiger partial charge in [-0.15, -0.1) is 11.8 Å². The smallest absolute Gasteiger partial charge is 0.211 e. The molecule has 0 aliphatic rings. The van der Waals surface area contributed by atoms with Gasteiger partial charge in [-0.25, -0.2) is 9.67 Å². The molecule has 1 N–H and O–H groups in total. The van der Waals surface area contributed by atoms with Gasteiger partial charge in [-0.1, -0.05) is 11.3 Å². The number of aliphatic hydroxyl groups excluding tert-OH is 1. The van der Waals surface area contributed by atoms with Crippen molar-refractivity contribution in [1.82, 2.24) is 14.8 Å². The van der Waals surface area contributed by atoms with Crippen LogP contribution < -0.4 is 0 Å². The van der Waals surface area contributed by atoms with E-state index in [1.165, 1.54) is 4.90 Å². The maximum atomic E-state index is 8.95. The summed E-state index contributed by atoms with van der Waals surface area (Å²) in [5.41, 5.74) is 4.30. The van der Waals surface area contributed by atoms with Crippen molar-refractivity contribution in [3.8, 4) is 5.13 Å². The lowest BCUT2D eigenvalue weighted by Crippen LogP contribution is -1.97. The van der Waals surface area contributed by atoms with Crippen molar-refractivity contribution in [2.45, 2.75) is 25.7 Å². The Labute approximate surface area is 131 Å². The van der Waals surface area contributed by atoms with Crippen LogP contribution in [0, 0.1) is 20.8 Å². The second-order valence-electron chi connectivity index (χ2n) is 4.99. The van der Waals surface area contributed by atoms with E-state index >= 15 is 0 Å². The number of benzene rings is 1. The number of rotatable bonds is 4. The van der Waals surface area contributed by atoms with Crippen molar-refractivity contribution in [3.63, 3.8) is 0 Å². The topological polar surface area (TPSA) is 50.9 Å². The summed E-state index contributed by atoms with van der Waals surface area (Å²) in [5, 5.41) is 14.4. The Kier molecular flexibility index (Phi) is 4.01. The van der Waals surface area contributed by atoms with Gasteiger partial charge in [0.25, 0.3) is 0 Å². The Morgan fingerprint density at radius 3 is 2.71 bits per heavy atom. The molecule has 0 unspecified atom stereocenters. The Balaban J connectivity index is 2.07. The minimum atomic E-state index is 0.196. The number of thioether (sulfide) groups is 1. The van der Waals surface area contributed by atoms with Crippen LogP contribution in [0.1, 0.15) is 17.0 Å². The zero-order valence-corrected chi connectivity index (χ0v) is 13.9. The van der Waals surface area contributed by atoms with E-state index < -0.39 is 0 Å². The summed E-state index contributed by atoms with van der Waals surface area (Å²) in [7, 11) is 0. The number of aryl methyl sites for hydroxylation is 3. The van der Waals surface area contributed by atoms with E-state index in [0.717, 1.165) is 32.3 Å². The van der Waals surface area contributed by atoms with Crippen LogP contribution >= 0.6 is 23.1 Å². The molecule has 4 nitrogen and oxygen atoms in total. The largest absolute Gasteiger partial charge is 0.396 e. The van der Waals surface area contributed by atoms with Crippen LogP contribution in [-0.2, 0) is 0 Å². The first-order valence-electron chi connectivity index (χ1n) is 6.77. The lowest BCUT2D eigenvalue weighted by Gasteiger charge is -2.01. The van der Waals surface area contributed by atoms with E-state index in [0.29, 0.717) is 5.75 Å². The Morgan fingerprint density at radius 2 is 2.05 bits per heavy atom. The summed E-state index contributed by atoms with van der Waals surface area (Å²) in [6.07, 6.45) is 0. The zero-order valence-electron chi connectivity index (χ0n) is 12.3. The van der Waals surface area contributed by atoms with E-state index in [9.17, 15) is 0 Å². The number of aliphatic hydroxyl groups is 1. The highest BCUT2D eigenvalue weighted by Crippen LogP contribution is 2.32. The number of thiazole rings is 1. The Bertz CT molecular complexity index is 792. The fourth-order valence-corrected chi connectivity index (χ4v) is 4.27. The summed E-state index contributed by atoms with van der Waals surface area (Å²) in [6.45, 7) is 6.31. The summed E-state index contributed by atoms with van der Waals surface area (Å²) >= 11 is 3.32. The molecule has 0 saturated carbocycles. The average molecular weight is 319 g/mol. The van der Waals surface area contributed by atoms with Gasteiger partial charge in [0, 0.05) is 16.3 Å². The van der Waals surface area contributed by atoms with Crippen molar-refractivity contribution in [2.24, 2.45) is 0 Å². The van der Waals surface area contributed by atoms with E-state index in [-0.39, 0.29) is 6.61 Å². The van der Waals surface area contributed by atoms with Gasteiger partial charge in [0.15, 0.2) is 0 Å². The molecule has 2 aromatic heterocycles. The third-order valence-corrected chi connectivity index (χ3v) is 5.13. The molecular weight excluding hydrogens is 302 g/mol. The maximum Gasteiger partial charge on any atom is 0.211 e. The van der Waals surface area contributed by atoms with Gasteiger partial charge in [-0.05, 0) is 44.5 Å². The SMILES string of the molecule is Cc1cc(C)n(-c2nc3c(C)cc(SCCO)cc3s2)n1. The molecule has 0 atom stereocenters. The van der Waals surface area contributed by atoms with Gasteiger partial charge < -0.3 is 5.11 Å². The van der Waals surface area contributed by atoms with Gasteiger partial charge in [-0.2, -0.15) is 5.10 Å². The number of fused-ring (bicyclic) bond motifs is 1. The van der Waals surface area contributed by atoms with E-state index in [1.807, 2.05) is 18.5 Å². The first-order chi connectivity index (χ1) is 10.1. The van der Waals surface area contributed by atoms with Gasteiger partial charge in [0.2, 0.25) is 5.13 Å². The second-order valence-corrected chi connectivity index (χ2v) is 7.17. The van der Waals surface area contributed by atoms with E-state index in [1.54, 1.807) is 23.1 Å². The molecular formula is C15H17N3OS2. The summed E-state index contributed by atoms with van der Waals surface area (Å²) in [4.78, 5) is 5.92. The molecule has 0 spiro atoms. The molecule has 21 heavy (non-hydrogen) atoms. The first kappa shape index (κ1) is 14.6. The van der Waals surface area contributed by atoms with Crippen LogP contribution in [0.5, 0.6) is 0 Å². The highest BCUT2D eigenvalue weighted by molar-refractivity contribution is 7.99. The highest BCUT2D eigenvalue weighted by Gasteiger charge is 2.12. The molecule has 3 rings (SSSR count). The number of aromatic nitrogens is 3. The van der Waals surface area contributed by atoms with Gasteiger partial charge in [0.1, 0.15) is 0 Å². The Hall–Kier alpha value is -1.37. The van der Waals surface area contributed by atoms with Crippen molar-refractivity contribution in [1.29, 1.82) is 0 Å². The zero-order chi connectivity index (χ0) is 15.0. The van der Waals surface area contributed by atoms with Crippen LogP contribution in [0.2, 0.25) is 0 Å². The fourth-order valence-electron chi connectivity index (χ4n) is 2.31. The summed E-state index contributed by atoms with van der Waals surface area (Å²) < 4.78 is 3.07. The molecule has 0 fully saturated rings. The predicted octanol–water partition coefficient (Wildman–Crippen LogP) is 3.49. The molecule has 0 aliphatic heterocycles. The third kappa shape index (κ3) is 2.84. The molecule has 2 heterocycles. The highest BCUT2D eigenvalue weighted by atomic mass is 32.2. The van der Waals surface area contributed by atoms with Crippen molar-refractivity contribution in [2.75, 3.05) is 12.4 Å². The van der Waals surface area contributed by atoms with Crippen LogP contribution in [0.4, 0.5) is 0 Å². The summed E-state index contributed by atoms with van der Waals surface area (Å²) in [6, 6.07) is 6.34. The third-order valence-electron chi connectivity index (χ3n) is 3.20. The average Bonchev–Trinajstić information content (AvgIpc) is 2.99. The molecule has 110 valence electrons. The van der Waals surface area contributed by atoms with Crippen LogP contribution in [-0.4, -0.2) is 32.2 Å². The van der Waals surface area contributed by atoms with Crippen molar-refractivity contribution < 1.29 is 5.11 Å². The van der Waals surface area contributed by atoms with Gasteiger partial charge >= 0.3 is 0 Å². The minimum absolute atomic E-state index is 0.196. The number of hydrogen-bond acceptors (Lipinski definition) is 5. The molecule has 0 amide bonds. The second kappa shape index (κ2) is 5.79. The van der Waals surface area contributed by atoms with Gasteiger partial charge in [-0.3, -0.25) is 0 Å². The number of hydrogen-bond donors (Lipinski definition) is 1. The monoisotopic (exact) mass is 319 g/mol. The minimum Gasteiger partial charge on any atom is -0.396 e. The standard InChI is InChI=1S/C15H17N3OS2/c1-9-6-12(20-5-4-19)8-13-14(9)16-15(21-13)18-11(3)7-10(2)17-18/h6-8,19H,4-5H2,1-3H3. The van der Waals surface area contributed by atoms with Crippen molar-refractivity contribution in [3.05, 3.63) is 35.2 Å². The molecule has 0 bridgehead atoms. The normalized spacial score (nSPS) is 11.4. The molecule has 0 aliphatic carbocycles. The molecule has 1 aromatic carbocycles. The van der Waals surface area contributed by atoms with E-state index in [4.69, 9.17) is 10.1 Å². The first-order valence-corrected chi connectivity index (χ1v) is 8.57. The van der Waals surface area contributed by atoms with Crippen LogP contribution in [0.25, 0.3) is 15.3 Å². The number of nitrogens with zero attached hydrogens (tertiary/aromatic N) is 3. The molecule has 3 aromatic rings. The molecule has 0 saturated heterocycles.